The van der Waals surface area contributed by atoms with Gasteiger partial charge in [0.25, 0.3) is 5.22 Å². The number of nitrogens with zero attached hydrogens (tertiary/aromatic N) is 4. The highest BCUT2D eigenvalue weighted by Crippen LogP contribution is 2.25. The summed E-state index contributed by atoms with van der Waals surface area (Å²) in [4.78, 5) is 0. The number of ether oxygens (including phenoxy) is 1. The van der Waals surface area contributed by atoms with Crippen LogP contribution in [0.15, 0.2) is 38.3 Å². The van der Waals surface area contributed by atoms with Gasteiger partial charge in [0, 0.05) is 12.5 Å². The highest BCUT2D eigenvalue weighted by Gasteiger charge is 2.11. The van der Waals surface area contributed by atoms with Gasteiger partial charge in [-0.3, -0.25) is 0 Å². The molecule has 0 saturated carbocycles. The molecule has 0 N–H and O–H groups in total. The van der Waals surface area contributed by atoms with Crippen LogP contribution in [0.1, 0.15) is 11.8 Å². The third kappa shape index (κ3) is 3.22. The minimum absolute atomic E-state index is 0.450. The van der Waals surface area contributed by atoms with Gasteiger partial charge in [0.05, 0.1) is 12.9 Å². The minimum atomic E-state index is 0.450. The van der Waals surface area contributed by atoms with E-state index in [1.54, 1.807) is 14.0 Å². The number of thioether (sulfide) groups is 1. The summed E-state index contributed by atoms with van der Waals surface area (Å²) in [5.74, 6) is 2.68. The van der Waals surface area contributed by atoms with Crippen LogP contribution in [0.5, 0.6) is 5.75 Å². The van der Waals surface area contributed by atoms with Gasteiger partial charge < -0.3 is 13.6 Å². The summed E-state index contributed by atoms with van der Waals surface area (Å²) in [7, 11) is 1.61. The lowest BCUT2D eigenvalue weighted by Crippen LogP contribution is -1.83. The smallest absolute Gasteiger partial charge is 0.277 e. The van der Waals surface area contributed by atoms with Gasteiger partial charge in [-0.15, -0.1) is 20.4 Å². The molecule has 0 aliphatic carbocycles. The molecule has 3 rings (SSSR count). The fraction of sp³-hybridized carbons (Fsp3) is 0.231. The van der Waals surface area contributed by atoms with Gasteiger partial charge in [-0.1, -0.05) is 17.8 Å². The molecular formula is C13H12N4O3S. The second-order valence-corrected chi connectivity index (χ2v) is 5.04. The molecular weight excluding hydrogens is 292 g/mol. The molecule has 0 atom stereocenters. The maximum absolute atomic E-state index is 5.61. The monoisotopic (exact) mass is 304 g/mol. The first-order valence-corrected chi connectivity index (χ1v) is 7.13. The maximum atomic E-state index is 5.61. The molecule has 21 heavy (non-hydrogen) atoms. The molecule has 0 aliphatic rings. The molecule has 1 aromatic carbocycles. The Morgan fingerprint density at radius 1 is 1.14 bits per heavy atom. The minimum Gasteiger partial charge on any atom is -0.497 e. The zero-order chi connectivity index (χ0) is 14.7. The van der Waals surface area contributed by atoms with Gasteiger partial charge in [0.2, 0.25) is 17.7 Å². The van der Waals surface area contributed by atoms with Crippen LogP contribution in [-0.2, 0) is 5.75 Å². The molecule has 108 valence electrons. The summed E-state index contributed by atoms with van der Waals surface area (Å²) in [5, 5.41) is 16.2. The van der Waals surface area contributed by atoms with E-state index in [2.05, 4.69) is 20.4 Å². The summed E-state index contributed by atoms with van der Waals surface area (Å²) in [5.41, 5.74) is 0.812. The van der Waals surface area contributed by atoms with E-state index >= 15 is 0 Å². The third-order valence-corrected chi connectivity index (χ3v) is 3.41. The molecule has 7 nitrogen and oxygen atoms in total. The number of hydrogen-bond acceptors (Lipinski definition) is 8. The Hall–Kier alpha value is -2.35. The second-order valence-electron chi connectivity index (χ2n) is 4.11. The summed E-state index contributed by atoms with van der Waals surface area (Å²) < 4.78 is 16.0. The third-order valence-electron chi connectivity index (χ3n) is 2.61. The topological polar surface area (TPSA) is 87.1 Å². The fourth-order valence-electron chi connectivity index (χ4n) is 1.64. The van der Waals surface area contributed by atoms with Crippen LogP contribution in [-0.4, -0.2) is 27.5 Å². The molecule has 0 saturated heterocycles. The number of rotatable bonds is 5. The second kappa shape index (κ2) is 5.96. The lowest BCUT2D eigenvalue weighted by molar-refractivity contribution is 0.414. The van der Waals surface area contributed by atoms with Gasteiger partial charge >= 0.3 is 0 Å². The van der Waals surface area contributed by atoms with Crippen LogP contribution in [0.3, 0.4) is 0 Å². The SMILES string of the molecule is COc1cccc(-c2nnc(CSc3nnc(C)o3)o2)c1. The Morgan fingerprint density at radius 2 is 2.05 bits per heavy atom. The van der Waals surface area contributed by atoms with Crippen LogP contribution < -0.4 is 4.74 Å². The zero-order valence-corrected chi connectivity index (χ0v) is 12.3. The predicted molar refractivity (Wildman–Crippen MR) is 74.9 cm³/mol. The Kier molecular flexibility index (Phi) is 3.87. The van der Waals surface area contributed by atoms with Crippen molar-refractivity contribution < 1.29 is 13.6 Å². The first kappa shape index (κ1) is 13.6. The van der Waals surface area contributed by atoms with Crippen molar-refractivity contribution in [2.75, 3.05) is 7.11 Å². The Bertz CT molecular complexity index is 740. The maximum Gasteiger partial charge on any atom is 0.277 e. The lowest BCUT2D eigenvalue weighted by Gasteiger charge is -2.00. The van der Waals surface area contributed by atoms with Gasteiger partial charge in [0.1, 0.15) is 5.75 Å². The van der Waals surface area contributed by atoms with Crippen molar-refractivity contribution in [3.05, 3.63) is 36.0 Å². The standard InChI is InChI=1S/C13H12N4O3S/c1-8-14-17-13(19-8)21-7-11-15-16-12(20-11)9-4-3-5-10(6-9)18-2/h3-6H,7H2,1-2H3. The van der Waals surface area contributed by atoms with Crippen molar-refractivity contribution in [1.82, 2.24) is 20.4 Å². The number of hydrogen-bond donors (Lipinski definition) is 0. The highest BCUT2D eigenvalue weighted by atomic mass is 32.2. The first-order chi connectivity index (χ1) is 10.2. The molecule has 2 heterocycles. The van der Waals surface area contributed by atoms with E-state index in [1.807, 2.05) is 24.3 Å². The average molecular weight is 304 g/mol. The van der Waals surface area contributed by atoms with Gasteiger partial charge in [0.15, 0.2) is 0 Å². The van der Waals surface area contributed by atoms with Crippen LogP contribution in [0.25, 0.3) is 11.5 Å². The Balaban J connectivity index is 1.70. The van der Waals surface area contributed by atoms with Crippen molar-refractivity contribution >= 4 is 11.8 Å². The van der Waals surface area contributed by atoms with Gasteiger partial charge in [-0.05, 0) is 18.2 Å². The van der Waals surface area contributed by atoms with Crippen molar-refractivity contribution in [2.45, 2.75) is 17.9 Å². The van der Waals surface area contributed by atoms with E-state index in [4.69, 9.17) is 13.6 Å². The summed E-state index contributed by atoms with van der Waals surface area (Å²) in [6.45, 7) is 1.74. The van der Waals surface area contributed by atoms with Gasteiger partial charge in [-0.25, -0.2) is 0 Å². The van der Waals surface area contributed by atoms with Crippen molar-refractivity contribution in [1.29, 1.82) is 0 Å². The van der Waals surface area contributed by atoms with E-state index < -0.39 is 0 Å². The molecule has 0 spiro atoms. The first-order valence-electron chi connectivity index (χ1n) is 6.14. The summed E-state index contributed by atoms with van der Waals surface area (Å²) in [6, 6.07) is 7.45. The van der Waals surface area contributed by atoms with Crippen LogP contribution in [0.2, 0.25) is 0 Å². The molecule has 0 amide bonds. The fourth-order valence-corrected chi connectivity index (χ4v) is 2.29. The molecule has 0 fully saturated rings. The number of aromatic nitrogens is 4. The van der Waals surface area contributed by atoms with E-state index in [9.17, 15) is 0 Å². The van der Waals surface area contributed by atoms with Crippen LogP contribution >= 0.6 is 11.8 Å². The lowest BCUT2D eigenvalue weighted by atomic mass is 10.2. The summed E-state index contributed by atoms with van der Waals surface area (Å²) in [6.07, 6.45) is 0. The zero-order valence-electron chi connectivity index (χ0n) is 11.4. The average Bonchev–Trinajstić information content (AvgIpc) is 3.14. The Morgan fingerprint density at radius 3 is 2.81 bits per heavy atom. The van der Waals surface area contributed by atoms with Crippen molar-refractivity contribution in [3.8, 4) is 17.2 Å². The quantitative estimate of drug-likeness (QED) is 0.665. The molecule has 0 bridgehead atoms. The normalized spacial score (nSPS) is 10.8. The van der Waals surface area contributed by atoms with Crippen molar-refractivity contribution in [3.63, 3.8) is 0 Å². The largest absolute Gasteiger partial charge is 0.497 e. The van der Waals surface area contributed by atoms with E-state index in [0.29, 0.717) is 28.6 Å². The molecule has 0 radical (unpaired) electrons. The Labute approximate surface area is 124 Å². The van der Waals surface area contributed by atoms with E-state index in [1.165, 1.54) is 11.8 Å². The van der Waals surface area contributed by atoms with Crippen LogP contribution in [0, 0.1) is 6.92 Å². The molecule has 2 aromatic heterocycles. The molecule has 0 unspecified atom stereocenters. The van der Waals surface area contributed by atoms with Crippen molar-refractivity contribution in [2.24, 2.45) is 0 Å². The highest BCUT2D eigenvalue weighted by molar-refractivity contribution is 7.98. The molecule has 0 aliphatic heterocycles. The van der Waals surface area contributed by atoms with E-state index in [0.717, 1.165) is 11.3 Å². The predicted octanol–water partition coefficient (Wildman–Crippen LogP) is 2.73. The number of aryl methyl sites for hydroxylation is 1. The molecule has 8 heteroatoms. The van der Waals surface area contributed by atoms with Gasteiger partial charge in [-0.2, -0.15) is 0 Å². The summed E-state index contributed by atoms with van der Waals surface area (Å²) >= 11 is 1.35. The van der Waals surface area contributed by atoms with E-state index in [-0.39, 0.29) is 0 Å². The molecule has 3 aromatic rings. The number of benzene rings is 1. The van der Waals surface area contributed by atoms with Crippen LogP contribution in [0.4, 0.5) is 0 Å². The number of methoxy groups -OCH3 is 1.